The Bertz CT molecular complexity index is 1630. The molecule has 1 fully saturated rings. The average molecular weight is 568 g/mol. The molecule has 198 valence electrons. The van der Waals surface area contributed by atoms with Gasteiger partial charge >= 0.3 is 6.72 Å². The zero-order valence-corrected chi connectivity index (χ0v) is 23.8. The molecule has 40 heavy (non-hydrogen) atoms. The summed E-state index contributed by atoms with van der Waals surface area (Å²) in [5.74, 6) is 49.1. The lowest BCUT2D eigenvalue weighted by atomic mass is 10.1. The van der Waals surface area contributed by atoms with Gasteiger partial charge in [-0.05, 0) is 120 Å². The van der Waals surface area contributed by atoms with Crippen molar-refractivity contribution in [1.82, 2.24) is 5.32 Å². The van der Waals surface area contributed by atoms with Gasteiger partial charge in [0.15, 0.2) is 0 Å². The summed E-state index contributed by atoms with van der Waals surface area (Å²) in [4.78, 5) is 22.4. The first-order chi connectivity index (χ1) is 19.4. The molecule has 1 rings (SSSR count). The second kappa shape index (κ2) is 20.5. The van der Waals surface area contributed by atoms with Gasteiger partial charge in [0.2, 0.25) is 0 Å². The van der Waals surface area contributed by atoms with E-state index in [-0.39, 0.29) is 5.92 Å². The fraction of sp³-hybridized carbons (Fsp3) is 0.323. The number of rotatable bonds is 7. The van der Waals surface area contributed by atoms with E-state index >= 15 is 0 Å². The fourth-order valence-corrected chi connectivity index (χ4v) is 4.09. The normalized spacial score (nSPS) is 18.4. The molecular formula is C31H22NO6PS. The number of nitrogens with one attached hydrogen (secondary N) is 1. The lowest BCUT2D eigenvalue weighted by molar-refractivity contribution is -0.117. The third kappa shape index (κ3) is 14.5. The molecule has 1 aliphatic rings. The number of methoxy groups -OCH3 is 2. The topological polar surface area (TPSA) is 86.3 Å². The Labute approximate surface area is 241 Å². The number of carbonyl (C=O) groups excluding carboxylic acids is 1. The molecule has 2 unspecified atom stereocenters. The van der Waals surface area contributed by atoms with E-state index < -0.39 is 30.9 Å². The Kier molecular flexibility index (Phi) is 17.2. The third-order valence-corrected chi connectivity index (χ3v) is 6.24. The highest BCUT2D eigenvalue weighted by atomic mass is 32.5. The largest absolute Gasteiger partial charge is 0.384 e. The highest BCUT2D eigenvalue weighted by molar-refractivity contribution is 8.07. The van der Waals surface area contributed by atoms with Crippen molar-refractivity contribution in [2.45, 2.75) is 31.6 Å². The Morgan fingerprint density at radius 2 is 1.25 bits per heavy atom. The molecular weight excluding hydrogens is 545 g/mol. The summed E-state index contributed by atoms with van der Waals surface area (Å²) in [5, 5.41) is 2.77. The monoisotopic (exact) mass is 567 g/mol. The second-order valence-electron chi connectivity index (χ2n) is 7.08. The molecule has 2 N–H and O–H groups in total. The van der Waals surface area contributed by atoms with E-state index in [2.05, 4.69) is 124 Å². The van der Waals surface area contributed by atoms with E-state index in [0.717, 1.165) is 0 Å². The van der Waals surface area contributed by atoms with Gasteiger partial charge in [-0.3, -0.25) is 4.79 Å². The minimum absolute atomic E-state index is 0.198. The minimum atomic E-state index is -3.46. The maximum absolute atomic E-state index is 12.3. The average Bonchev–Trinajstić information content (AvgIpc) is 3.24. The molecule has 0 aliphatic heterocycles. The van der Waals surface area contributed by atoms with E-state index in [1.54, 1.807) is 6.92 Å². The van der Waals surface area contributed by atoms with Crippen molar-refractivity contribution >= 4 is 24.4 Å². The standard InChI is InChI=1S/C31H22NO6PS/c1-5-6-7-8-9-10-11-12-13-14-15-16-17-18-19-20-21-22-23-24-29(33)32-28-25-27(26-35-2)30(31(28)36-3)38-39(34,40)37-4/h27-28,30-31H,25-26H2,1-4H3,(H,32,33)(H,34,40)/t27-,28+,30?,31-,39?/m1/s1. The first-order valence-electron chi connectivity index (χ1n) is 11.2. The van der Waals surface area contributed by atoms with Crippen molar-refractivity contribution in [1.29, 1.82) is 0 Å². The van der Waals surface area contributed by atoms with Gasteiger partial charge in [0.05, 0.1) is 12.6 Å². The van der Waals surface area contributed by atoms with Gasteiger partial charge < -0.3 is 28.7 Å². The van der Waals surface area contributed by atoms with Crippen LogP contribution in [0, 0.1) is 124 Å². The first-order valence-corrected chi connectivity index (χ1v) is 13.8. The Morgan fingerprint density at radius 1 is 0.800 bits per heavy atom. The van der Waals surface area contributed by atoms with Crippen LogP contribution in [0.15, 0.2) is 0 Å². The Hall–Kier alpha value is -4.48. The van der Waals surface area contributed by atoms with Crippen LogP contribution in [0.4, 0.5) is 0 Å². The summed E-state index contributed by atoms with van der Waals surface area (Å²) in [6.07, 6.45) is -0.780. The minimum Gasteiger partial charge on any atom is -0.384 e. The van der Waals surface area contributed by atoms with Crippen LogP contribution in [0.25, 0.3) is 0 Å². The van der Waals surface area contributed by atoms with E-state index in [9.17, 15) is 9.69 Å². The van der Waals surface area contributed by atoms with Crippen molar-refractivity contribution in [3.05, 3.63) is 0 Å². The summed E-state index contributed by atoms with van der Waals surface area (Å²) in [5.41, 5.74) is 0. The molecule has 0 spiro atoms. The van der Waals surface area contributed by atoms with Crippen LogP contribution < -0.4 is 5.32 Å². The molecule has 0 saturated heterocycles. The van der Waals surface area contributed by atoms with E-state index in [1.807, 2.05) is 0 Å². The van der Waals surface area contributed by atoms with Gasteiger partial charge in [0.25, 0.3) is 5.91 Å². The van der Waals surface area contributed by atoms with E-state index in [1.165, 1.54) is 21.3 Å². The van der Waals surface area contributed by atoms with Gasteiger partial charge in [-0.2, -0.15) is 0 Å². The number of amides is 1. The number of hydrogen-bond donors (Lipinski definition) is 2. The molecule has 0 heterocycles. The van der Waals surface area contributed by atoms with Gasteiger partial charge in [0.1, 0.15) is 12.2 Å². The SMILES string of the molecule is CC#CC#CC#CC#CC#CC#CC#CC#CC#CC#CC(=O)N[C@H]1C[C@H](COC)C(OP(O)(=S)OC)[C@@H]1OC. The zero-order chi connectivity index (χ0) is 29.5. The van der Waals surface area contributed by atoms with Crippen LogP contribution in [0.3, 0.4) is 0 Å². The second-order valence-corrected chi connectivity index (χ2v) is 9.97. The zero-order valence-electron chi connectivity index (χ0n) is 22.1. The smallest absolute Gasteiger partial charge is 0.324 e. The maximum atomic E-state index is 12.3. The highest BCUT2D eigenvalue weighted by Gasteiger charge is 2.47. The van der Waals surface area contributed by atoms with Crippen LogP contribution >= 0.6 is 6.72 Å². The van der Waals surface area contributed by atoms with Gasteiger partial charge in [-0.1, -0.05) is 5.92 Å². The van der Waals surface area contributed by atoms with E-state index in [4.69, 9.17) is 30.3 Å². The van der Waals surface area contributed by atoms with Crippen molar-refractivity contribution in [2.75, 3.05) is 27.9 Å². The third-order valence-electron chi connectivity index (χ3n) is 4.56. The molecule has 0 bridgehead atoms. The van der Waals surface area contributed by atoms with Gasteiger partial charge in [-0.15, -0.1) is 0 Å². The summed E-state index contributed by atoms with van der Waals surface area (Å²) >= 11 is 4.96. The molecule has 0 aromatic carbocycles. The van der Waals surface area contributed by atoms with Crippen molar-refractivity contribution in [3.63, 3.8) is 0 Å². The summed E-state index contributed by atoms with van der Waals surface area (Å²) in [6.45, 7) is -1.46. The van der Waals surface area contributed by atoms with Crippen molar-refractivity contribution in [2.24, 2.45) is 5.92 Å². The van der Waals surface area contributed by atoms with Crippen molar-refractivity contribution < 1.29 is 28.2 Å². The van der Waals surface area contributed by atoms with Gasteiger partial charge in [-0.25, -0.2) is 0 Å². The van der Waals surface area contributed by atoms with E-state index in [0.29, 0.717) is 13.0 Å². The Morgan fingerprint density at radius 3 is 1.65 bits per heavy atom. The number of hydrogen-bond acceptors (Lipinski definition) is 6. The molecule has 5 atom stereocenters. The van der Waals surface area contributed by atoms with Gasteiger partial charge in [0, 0.05) is 45.0 Å². The summed E-state index contributed by atoms with van der Waals surface area (Å²) in [7, 11) is 4.27. The molecule has 1 saturated carbocycles. The fourth-order valence-electron chi connectivity index (χ4n) is 3.11. The lowest BCUT2D eigenvalue weighted by Crippen LogP contribution is -2.44. The summed E-state index contributed by atoms with van der Waals surface area (Å²) < 4.78 is 21.2. The summed E-state index contributed by atoms with van der Waals surface area (Å²) in [6, 6.07) is -0.454. The van der Waals surface area contributed by atoms with Crippen LogP contribution in [0.5, 0.6) is 0 Å². The van der Waals surface area contributed by atoms with Crippen LogP contribution in [0.2, 0.25) is 0 Å². The predicted molar refractivity (Wildman–Crippen MR) is 155 cm³/mol. The van der Waals surface area contributed by atoms with Crippen LogP contribution in [-0.2, 0) is 35.1 Å². The highest BCUT2D eigenvalue weighted by Crippen LogP contribution is 2.48. The molecule has 0 radical (unpaired) electrons. The van der Waals surface area contributed by atoms with Crippen LogP contribution in [0.1, 0.15) is 13.3 Å². The molecule has 0 aromatic rings. The molecule has 0 aromatic heterocycles. The number of ether oxygens (including phenoxy) is 2. The predicted octanol–water partition coefficient (Wildman–Crippen LogP) is 0.455. The first kappa shape index (κ1) is 33.5. The Balaban J connectivity index is 2.64. The lowest BCUT2D eigenvalue weighted by Gasteiger charge is -2.28. The number of carbonyl (C=O) groups is 1. The quantitative estimate of drug-likeness (QED) is 0.342. The maximum Gasteiger partial charge on any atom is 0.324 e. The molecule has 9 heteroatoms. The molecule has 7 nitrogen and oxygen atoms in total. The van der Waals surface area contributed by atoms with Crippen LogP contribution in [-0.4, -0.2) is 57.0 Å². The molecule has 1 amide bonds. The molecule has 1 aliphatic carbocycles. The van der Waals surface area contributed by atoms with Crippen molar-refractivity contribution in [3.8, 4) is 118 Å².